The van der Waals surface area contributed by atoms with Gasteiger partial charge >= 0.3 is 5.97 Å². The number of nitrogens with one attached hydrogen (secondary N) is 1. The molecule has 8 nitrogen and oxygen atoms in total. The van der Waals surface area contributed by atoms with Crippen molar-refractivity contribution in [3.8, 4) is 0 Å². The second kappa shape index (κ2) is 8.72. The highest BCUT2D eigenvalue weighted by molar-refractivity contribution is 5.77. The van der Waals surface area contributed by atoms with E-state index in [4.69, 9.17) is 5.11 Å². The number of hydrogen-bond donors (Lipinski definition) is 2. The Morgan fingerprint density at radius 2 is 1.96 bits per heavy atom. The van der Waals surface area contributed by atoms with E-state index >= 15 is 0 Å². The van der Waals surface area contributed by atoms with Crippen molar-refractivity contribution >= 4 is 23.3 Å². The number of nitro benzene ring substituents is 1. The van der Waals surface area contributed by atoms with Gasteiger partial charge in [-0.05, 0) is 18.6 Å². The molecule has 0 fully saturated rings. The van der Waals surface area contributed by atoms with Crippen LogP contribution >= 0.6 is 0 Å². The molecular formula is C15H21N3O5. The summed E-state index contributed by atoms with van der Waals surface area (Å²) < 4.78 is 0. The fourth-order valence-electron chi connectivity index (χ4n) is 1.95. The predicted molar refractivity (Wildman–Crippen MR) is 85.3 cm³/mol. The van der Waals surface area contributed by atoms with Gasteiger partial charge in [-0.3, -0.25) is 19.7 Å². The van der Waals surface area contributed by atoms with Crippen LogP contribution in [-0.2, 0) is 9.59 Å². The van der Waals surface area contributed by atoms with Crippen molar-refractivity contribution in [3.63, 3.8) is 0 Å². The van der Waals surface area contributed by atoms with Gasteiger partial charge in [0.15, 0.2) is 0 Å². The van der Waals surface area contributed by atoms with Crippen LogP contribution < -0.4 is 5.32 Å². The maximum Gasteiger partial charge on any atom is 0.308 e. The Balaban J connectivity index is 2.29. The Kier molecular flexibility index (Phi) is 6.98. The standard InChI is InChI=1S/C15H21N3O5/c1-11(15(20)21)10-17(2)14(19)4-3-9-16-12-5-7-13(8-6-12)18(22)23/h5-8,11,16H,3-4,9-10H2,1-2H3,(H,20,21). The van der Waals surface area contributed by atoms with E-state index in [1.165, 1.54) is 17.0 Å². The monoisotopic (exact) mass is 323 g/mol. The molecule has 0 spiro atoms. The van der Waals surface area contributed by atoms with Crippen molar-refractivity contribution in [1.82, 2.24) is 4.90 Å². The van der Waals surface area contributed by atoms with Crippen LogP contribution in [0.3, 0.4) is 0 Å². The SMILES string of the molecule is CC(CN(C)C(=O)CCCNc1ccc([N+](=O)[O-])cc1)C(=O)O. The van der Waals surface area contributed by atoms with Crippen LogP contribution in [0.15, 0.2) is 24.3 Å². The van der Waals surface area contributed by atoms with Gasteiger partial charge in [-0.1, -0.05) is 6.92 Å². The summed E-state index contributed by atoms with van der Waals surface area (Å²) in [5.74, 6) is -1.63. The molecule has 0 aliphatic carbocycles. The van der Waals surface area contributed by atoms with E-state index in [-0.39, 0.29) is 18.1 Å². The number of carbonyl (C=O) groups is 2. The molecule has 0 aliphatic rings. The Bertz CT molecular complexity index is 559. The van der Waals surface area contributed by atoms with Crippen LogP contribution in [-0.4, -0.2) is 46.9 Å². The predicted octanol–water partition coefficient (Wildman–Crippen LogP) is 1.97. The lowest BCUT2D eigenvalue weighted by Gasteiger charge is -2.19. The number of benzene rings is 1. The molecule has 0 bridgehead atoms. The fraction of sp³-hybridized carbons (Fsp3) is 0.467. The normalized spacial score (nSPS) is 11.6. The molecule has 1 rings (SSSR count). The average molecular weight is 323 g/mol. The Labute approximate surface area is 134 Å². The third kappa shape index (κ3) is 6.33. The highest BCUT2D eigenvalue weighted by Crippen LogP contribution is 2.15. The molecule has 2 N–H and O–H groups in total. The molecule has 126 valence electrons. The molecule has 1 aromatic rings. The molecule has 0 saturated heterocycles. The van der Waals surface area contributed by atoms with Gasteiger partial charge < -0.3 is 15.3 Å². The second-order valence-electron chi connectivity index (χ2n) is 5.35. The fourth-order valence-corrected chi connectivity index (χ4v) is 1.95. The summed E-state index contributed by atoms with van der Waals surface area (Å²) in [6.07, 6.45) is 0.893. The summed E-state index contributed by atoms with van der Waals surface area (Å²) in [7, 11) is 1.59. The van der Waals surface area contributed by atoms with Crippen molar-refractivity contribution in [2.45, 2.75) is 19.8 Å². The molecule has 0 aromatic heterocycles. The lowest BCUT2D eigenvalue weighted by atomic mass is 10.1. The number of hydrogen-bond acceptors (Lipinski definition) is 5. The van der Waals surface area contributed by atoms with Gasteiger partial charge in [0.25, 0.3) is 5.69 Å². The van der Waals surface area contributed by atoms with Crippen LogP contribution in [0.25, 0.3) is 0 Å². The average Bonchev–Trinajstić information content (AvgIpc) is 2.51. The van der Waals surface area contributed by atoms with Crippen LogP contribution in [0.4, 0.5) is 11.4 Å². The van der Waals surface area contributed by atoms with Gasteiger partial charge in [0.2, 0.25) is 5.91 Å². The van der Waals surface area contributed by atoms with E-state index in [2.05, 4.69) is 5.32 Å². The molecule has 1 aromatic carbocycles. The molecule has 1 unspecified atom stereocenters. The van der Waals surface area contributed by atoms with Gasteiger partial charge in [-0.25, -0.2) is 0 Å². The summed E-state index contributed by atoms with van der Waals surface area (Å²) in [5, 5.41) is 22.4. The van der Waals surface area contributed by atoms with E-state index in [9.17, 15) is 19.7 Å². The van der Waals surface area contributed by atoms with Crippen LogP contribution in [0.1, 0.15) is 19.8 Å². The third-order valence-electron chi connectivity index (χ3n) is 3.37. The van der Waals surface area contributed by atoms with Gasteiger partial charge in [-0.2, -0.15) is 0 Å². The summed E-state index contributed by atoms with van der Waals surface area (Å²) in [6, 6.07) is 6.05. The minimum atomic E-state index is -0.926. The molecule has 1 atom stereocenters. The number of amides is 1. The molecule has 0 saturated carbocycles. The first-order valence-electron chi connectivity index (χ1n) is 7.26. The number of nitro groups is 1. The zero-order chi connectivity index (χ0) is 17.4. The number of anilines is 1. The number of carbonyl (C=O) groups excluding carboxylic acids is 1. The van der Waals surface area contributed by atoms with Crippen molar-refractivity contribution in [3.05, 3.63) is 34.4 Å². The highest BCUT2D eigenvalue weighted by atomic mass is 16.6. The molecule has 1 amide bonds. The summed E-state index contributed by atoms with van der Waals surface area (Å²) in [6.45, 7) is 2.29. The Hall–Kier alpha value is -2.64. The molecular weight excluding hydrogens is 302 g/mol. The lowest BCUT2D eigenvalue weighted by molar-refractivity contribution is -0.384. The van der Waals surface area contributed by atoms with Crippen molar-refractivity contribution in [2.24, 2.45) is 5.92 Å². The largest absolute Gasteiger partial charge is 0.481 e. The van der Waals surface area contributed by atoms with E-state index in [1.807, 2.05) is 0 Å². The third-order valence-corrected chi connectivity index (χ3v) is 3.37. The maximum absolute atomic E-state index is 11.9. The van der Waals surface area contributed by atoms with E-state index in [0.717, 1.165) is 5.69 Å². The molecule has 23 heavy (non-hydrogen) atoms. The van der Waals surface area contributed by atoms with Crippen LogP contribution in [0, 0.1) is 16.0 Å². The summed E-state index contributed by atoms with van der Waals surface area (Å²) in [4.78, 5) is 34.1. The number of non-ortho nitro benzene ring substituents is 1. The first-order valence-corrected chi connectivity index (χ1v) is 7.26. The lowest BCUT2D eigenvalue weighted by Crippen LogP contribution is -2.33. The quantitative estimate of drug-likeness (QED) is 0.408. The van der Waals surface area contributed by atoms with Gasteiger partial charge in [0.1, 0.15) is 0 Å². The highest BCUT2D eigenvalue weighted by Gasteiger charge is 2.16. The minimum Gasteiger partial charge on any atom is -0.481 e. The summed E-state index contributed by atoms with van der Waals surface area (Å²) >= 11 is 0. The zero-order valence-electron chi connectivity index (χ0n) is 13.2. The van der Waals surface area contributed by atoms with Gasteiger partial charge in [0, 0.05) is 44.4 Å². The summed E-state index contributed by atoms with van der Waals surface area (Å²) in [5.41, 5.74) is 0.774. The Morgan fingerprint density at radius 3 is 2.48 bits per heavy atom. The van der Waals surface area contributed by atoms with E-state index in [0.29, 0.717) is 19.4 Å². The minimum absolute atomic E-state index is 0.0277. The second-order valence-corrected chi connectivity index (χ2v) is 5.35. The molecule has 0 aliphatic heterocycles. The van der Waals surface area contributed by atoms with Crippen molar-refractivity contribution < 1.29 is 19.6 Å². The van der Waals surface area contributed by atoms with Crippen LogP contribution in [0.2, 0.25) is 0 Å². The molecule has 8 heteroatoms. The van der Waals surface area contributed by atoms with Gasteiger partial charge in [-0.15, -0.1) is 0 Å². The first kappa shape index (κ1) is 18.4. The first-order chi connectivity index (χ1) is 10.8. The number of carboxylic acid groups (broad SMARTS) is 1. The molecule has 0 radical (unpaired) electrons. The smallest absolute Gasteiger partial charge is 0.308 e. The Morgan fingerprint density at radius 1 is 1.35 bits per heavy atom. The number of rotatable bonds is 9. The van der Waals surface area contributed by atoms with E-state index < -0.39 is 16.8 Å². The zero-order valence-corrected chi connectivity index (χ0v) is 13.2. The van der Waals surface area contributed by atoms with Crippen LogP contribution in [0.5, 0.6) is 0 Å². The van der Waals surface area contributed by atoms with Gasteiger partial charge in [0.05, 0.1) is 10.8 Å². The number of carboxylic acids is 1. The topological polar surface area (TPSA) is 113 Å². The molecule has 0 heterocycles. The number of aliphatic carboxylic acids is 1. The van der Waals surface area contributed by atoms with Crippen molar-refractivity contribution in [2.75, 3.05) is 25.5 Å². The number of nitrogens with zero attached hydrogens (tertiary/aromatic N) is 2. The van der Waals surface area contributed by atoms with Crippen molar-refractivity contribution in [1.29, 1.82) is 0 Å². The van der Waals surface area contributed by atoms with E-state index in [1.54, 1.807) is 26.1 Å². The maximum atomic E-state index is 11.9.